The summed E-state index contributed by atoms with van der Waals surface area (Å²) < 4.78 is 22.3. The topological polar surface area (TPSA) is 75.3 Å². The van der Waals surface area contributed by atoms with Crippen LogP contribution in [0.5, 0.6) is 0 Å². The average Bonchev–Trinajstić information content (AvgIpc) is 2.27. The van der Waals surface area contributed by atoms with E-state index in [4.69, 9.17) is 0 Å². The zero-order chi connectivity index (χ0) is 14.5. The predicted molar refractivity (Wildman–Crippen MR) is 76.8 cm³/mol. The lowest BCUT2D eigenvalue weighted by Gasteiger charge is -2.19. The highest BCUT2D eigenvalue weighted by atomic mass is 32.2. The van der Waals surface area contributed by atoms with Gasteiger partial charge in [-0.1, -0.05) is 18.2 Å². The van der Waals surface area contributed by atoms with Crippen molar-refractivity contribution < 1.29 is 13.2 Å². The second kappa shape index (κ2) is 6.68. The van der Waals surface area contributed by atoms with E-state index >= 15 is 0 Å². The molecule has 0 saturated carbocycles. The molecule has 6 heteroatoms. The van der Waals surface area contributed by atoms with Crippen LogP contribution in [0.2, 0.25) is 0 Å². The standard InChI is InChI=1S/C13H20N2O3S/c1-10(9-19(3,17)18)14-11(2)13(16)15-12-7-5-4-6-8-12/h4-8,10-11,14H,9H2,1-3H3,(H,15,16). The SMILES string of the molecule is CC(CS(C)(=O)=O)NC(C)C(=O)Nc1ccccc1. The van der Waals surface area contributed by atoms with Crippen LogP contribution in [0.3, 0.4) is 0 Å². The van der Waals surface area contributed by atoms with Gasteiger partial charge < -0.3 is 10.6 Å². The van der Waals surface area contributed by atoms with Gasteiger partial charge in [0.2, 0.25) is 5.91 Å². The number of amides is 1. The molecule has 0 radical (unpaired) electrons. The lowest BCUT2D eigenvalue weighted by molar-refractivity contribution is -0.117. The summed E-state index contributed by atoms with van der Waals surface area (Å²) in [5.74, 6) is -0.179. The molecular formula is C13H20N2O3S. The van der Waals surface area contributed by atoms with Gasteiger partial charge in [0.05, 0.1) is 11.8 Å². The van der Waals surface area contributed by atoms with Crippen molar-refractivity contribution in [2.45, 2.75) is 25.9 Å². The first-order chi connectivity index (χ1) is 8.78. The van der Waals surface area contributed by atoms with Gasteiger partial charge >= 0.3 is 0 Å². The summed E-state index contributed by atoms with van der Waals surface area (Å²) in [6.07, 6.45) is 1.18. The maximum atomic E-state index is 11.9. The maximum Gasteiger partial charge on any atom is 0.241 e. The second-order valence-corrected chi connectivity index (χ2v) is 6.92. The fourth-order valence-electron chi connectivity index (χ4n) is 1.78. The number of hydrogen-bond acceptors (Lipinski definition) is 4. The third-order valence-corrected chi connectivity index (χ3v) is 3.63. The first kappa shape index (κ1) is 15.7. The molecule has 5 nitrogen and oxygen atoms in total. The number of carbonyl (C=O) groups is 1. The third kappa shape index (κ3) is 6.35. The minimum Gasteiger partial charge on any atom is -0.325 e. The van der Waals surface area contributed by atoms with Crippen LogP contribution in [-0.2, 0) is 14.6 Å². The van der Waals surface area contributed by atoms with Crippen LogP contribution >= 0.6 is 0 Å². The lowest BCUT2D eigenvalue weighted by atomic mass is 10.2. The first-order valence-corrected chi connectivity index (χ1v) is 8.13. The fourth-order valence-corrected chi connectivity index (χ4v) is 2.78. The molecule has 2 unspecified atom stereocenters. The van der Waals surface area contributed by atoms with E-state index in [9.17, 15) is 13.2 Å². The Morgan fingerprint density at radius 1 is 1.21 bits per heavy atom. The molecule has 0 aliphatic carbocycles. The van der Waals surface area contributed by atoms with Gasteiger partial charge in [-0.15, -0.1) is 0 Å². The average molecular weight is 284 g/mol. The van der Waals surface area contributed by atoms with Crippen molar-refractivity contribution in [3.63, 3.8) is 0 Å². The highest BCUT2D eigenvalue weighted by Crippen LogP contribution is 2.05. The normalized spacial score (nSPS) is 14.7. The van der Waals surface area contributed by atoms with Crippen LogP contribution in [0.15, 0.2) is 30.3 Å². The number of nitrogens with one attached hydrogen (secondary N) is 2. The summed E-state index contributed by atoms with van der Waals surface area (Å²) in [4.78, 5) is 11.9. The van der Waals surface area contributed by atoms with Crippen molar-refractivity contribution in [1.82, 2.24) is 5.32 Å². The maximum absolute atomic E-state index is 11.9. The third-order valence-electron chi connectivity index (χ3n) is 2.52. The Labute approximate surface area is 114 Å². The van der Waals surface area contributed by atoms with Gasteiger partial charge in [-0.25, -0.2) is 8.42 Å². The van der Waals surface area contributed by atoms with Crippen molar-refractivity contribution in [1.29, 1.82) is 0 Å². The number of rotatable bonds is 6. The minimum absolute atomic E-state index is 0.00988. The predicted octanol–water partition coefficient (Wildman–Crippen LogP) is 1.04. The van der Waals surface area contributed by atoms with E-state index in [0.717, 1.165) is 5.69 Å². The Kier molecular flexibility index (Phi) is 5.50. The molecule has 0 aromatic heterocycles. The molecule has 0 aliphatic heterocycles. The van der Waals surface area contributed by atoms with Crippen LogP contribution < -0.4 is 10.6 Å². The summed E-state index contributed by atoms with van der Waals surface area (Å²) in [7, 11) is -3.05. The number of hydrogen-bond donors (Lipinski definition) is 2. The molecule has 0 saturated heterocycles. The van der Waals surface area contributed by atoms with Crippen LogP contribution in [0.4, 0.5) is 5.69 Å². The molecule has 1 rings (SSSR count). The highest BCUT2D eigenvalue weighted by Gasteiger charge is 2.17. The number of para-hydroxylation sites is 1. The Balaban J connectivity index is 2.49. The molecule has 106 valence electrons. The second-order valence-electron chi connectivity index (χ2n) is 4.74. The molecule has 0 spiro atoms. The van der Waals surface area contributed by atoms with E-state index in [1.807, 2.05) is 18.2 Å². The van der Waals surface area contributed by atoms with Crippen molar-refractivity contribution in [2.24, 2.45) is 0 Å². The van der Waals surface area contributed by atoms with E-state index < -0.39 is 15.9 Å². The zero-order valence-corrected chi connectivity index (χ0v) is 12.2. The van der Waals surface area contributed by atoms with Gasteiger partial charge in [0.15, 0.2) is 0 Å². The van der Waals surface area contributed by atoms with E-state index in [1.54, 1.807) is 26.0 Å². The van der Waals surface area contributed by atoms with Gasteiger partial charge in [-0.05, 0) is 26.0 Å². The summed E-state index contributed by atoms with van der Waals surface area (Å²) in [6, 6.07) is 8.39. The molecule has 1 aromatic rings. The van der Waals surface area contributed by atoms with Crippen molar-refractivity contribution in [3.05, 3.63) is 30.3 Å². The number of benzene rings is 1. The monoisotopic (exact) mass is 284 g/mol. The molecular weight excluding hydrogens is 264 g/mol. The first-order valence-electron chi connectivity index (χ1n) is 6.07. The van der Waals surface area contributed by atoms with Crippen molar-refractivity contribution in [2.75, 3.05) is 17.3 Å². The minimum atomic E-state index is -3.05. The quantitative estimate of drug-likeness (QED) is 0.818. The summed E-state index contributed by atoms with van der Waals surface area (Å²) in [5, 5.41) is 5.72. The summed E-state index contributed by atoms with van der Waals surface area (Å²) in [5.41, 5.74) is 0.719. The van der Waals surface area contributed by atoms with E-state index in [2.05, 4.69) is 10.6 Å². The lowest BCUT2D eigenvalue weighted by Crippen LogP contribution is -2.45. The van der Waals surface area contributed by atoms with Gasteiger partial charge in [-0.3, -0.25) is 4.79 Å². The number of anilines is 1. The molecule has 0 bridgehead atoms. The largest absolute Gasteiger partial charge is 0.325 e. The van der Waals surface area contributed by atoms with E-state index in [1.165, 1.54) is 6.26 Å². The van der Waals surface area contributed by atoms with Gasteiger partial charge in [0.25, 0.3) is 0 Å². The molecule has 2 N–H and O–H groups in total. The number of carbonyl (C=O) groups excluding carboxylic acids is 1. The molecule has 1 amide bonds. The van der Waals surface area contributed by atoms with Crippen LogP contribution in [0, 0.1) is 0 Å². The van der Waals surface area contributed by atoms with Gasteiger partial charge in [-0.2, -0.15) is 0 Å². The van der Waals surface area contributed by atoms with Crippen molar-refractivity contribution >= 4 is 21.4 Å². The summed E-state index contributed by atoms with van der Waals surface area (Å²) in [6.45, 7) is 3.45. The Bertz CT molecular complexity index is 514. The highest BCUT2D eigenvalue weighted by molar-refractivity contribution is 7.90. The molecule has 1 aromatic carbocycles. The molecule has 19 heavy (non-hydrogen) atoms. The Morgan fingerprint density at radius 3 is 2.32 bits per heavy atom. The Morgan fingerprint density at radius 2 is 1.79 bits per heavy atom. The molecule has 0 fully saturated rings. The van der Waals surface area contributed by atoms with Gasteiger partial charge in [0.1, 0.15) is 9.84 Å². The number of sulfone groups is 1. The smallest absolute Gasteiger partial charge is 0.241 e. The fraction of sp³-hybridized carbons (Fsp3) is 0.462. The molecule has 0 aliphatic rings. The zero-order valence-electron chi connectivity index (χ0n) is 11.4. The molecule has 2 atom stereocenters. The van der Waals surface area contributed by atoms with E-state index in [0.29, 0.717) is 0 Å². The van der Waals surface area contributed by atoms with Crippen LogP contribution in [0.25, 0.3) is 0 Å². The van der Waals surface area contributed by atoms with Crippen LogP contribution in [0.1, 0.15) is 13.8 Å². The Hall–Kier alpha value is -1.40. The summed E-state index contributed by atoms with van der Waals surface area (Å²) >= 11 is 0. The van der Waals surface area contributed by atoms with Crippen LogP contribution in [-0.4, -0.2) is 38.4 Å². The molecule has 0 heterocycles. The van der Waals surface area contributed by atoms with Gasteiger partial charge in [0, 0.05) is 18.0 Å². The van der Waals surface area contributed by atoms with Crippen molar-refractivity contribution in [3.8, 4) is 0 Å². The van der Waals surface area contributed by atoms with E-state index in [-0.39, 0.29) is 17.7 Å².